The van der Waals surface area contributed by atoms with Crippen LogP contribution in [-0.2, 0) is 4.79 Å². The lowest BCUT2D eigenvalue weighted by atomic mass is 9.92. The average molecular weight is 192 g/mol. The number of benzene rings is 1. The van der Waals surface area contributed by atoms with E-state index < -0.39 is 0 Å². The lowest BCUT2D eigenvalue weighted by Gasteiger charge is -2.22. The van der Waals surface area contributed by atoms with Crippen molar-refractivity contribution in [3.8, 4) is 0 Å². The van der Waals surface area contributed by atoms with Gasteiger partial charge in [-0.05, 0) is 18.1 Å². The predicted molar refractivity (Wildman–Crippen MR) is 55.2 cm³/mol. The molecule has 0 aromatic heterocycles. The molecule has 2 rings (SSSR count). The number of thioether (sulfide) groups is 1. The Bertz CT molecular complexity index is 333. The zero-order chi connectivity index (χ0) is 9.26. The van der Waals surface area contributed by atoms with Gasteiger partial charge in [0, 0.05) is 10.8 Å². The maximum absolute atomic E-state index is 11.6. The molecule has 1 aliphatic heterocycles. The number of hydrogen-bond acceptors (Lipinski definition) is 2. The topological polar surface area (TPSA) is 17.1 Å². The third-order valence-corrected chi connectivity index (χ3v) is 3.57. The second-order valence-electron chi connectivity index (χ2n) is 3.25. The van der Waals surface area contributed by atoms with Crippen molar-refractivity contribution >= 4 is 17.5 Å². The molecule has 0 N–H and O–H groups in total. The number of carbonyl (C=O) groups excluding carboxylic acids is 1. The number of fused-ring (bicyclic) bond motifs is 1. The number of ketones is 1. The highest BCUT2D eigenvalue weighted by Crippen LogP contribution is 2.36. The summed E-state index contributed by atoms with van der Waals surface area (Å²) in [5, 5.41) is 0. The first-order valence-corrected chi connectivity index (χ1v) is 5.56. The third kappa shape index (κ3) is 1.51. The lowest BCUT2D eigenvalue weighted by Crippen LogP contribution is -2.18. The Morgan fingerprint density at radius 1 is 1.46 bits per heavy atom. The van der Waals surface area contributed by atoms with Gasteiger partial charge in [-0.25, -0.2) is 0 Å². The van der Waals surface area contributed by atoms with E-state index in [1.165, 1.54) is 10.5 Å². The van der Waals surface area contributed by atoms with Crippen LogP contribution in [0.25, 0.3) is 0 Å². The van der Waals surface area contributed by atoms with Crippen LogP contribution in [0.5, 0.6) is 0 Å². The summed E-state index contributed by atoms with van der Waals surface area (Å²) in [5.41, 5.74) is 1.23. The first-order chi connectivity index (χ1) is 6.33. The summed E-state index contributed by atoms with van der Waals surface area (Å²) in [6, 6.07) is 8.23. The van der Waals surface area contributed by atoms with Crippen LogP contribution in [0, 0.1) is 0 Å². The van der Waals surface area contributed by atoms with Gasteiger partial charge >= 0.3 is 0 Å². The number of hydrogen-bond donors (Lipinski definition) is 0. The number of Topliss-reactive ketones (excluding diaryl/α,β-unsaturated/α-hetero) is 1. The van der Waals surface area contributed by atoms with Gasteiger partial charge in [-0.1, -0.05) is 25.1 Å². The normalized spacial score (nSPS) is 21.3. The van der Waals surface area contributed by atoms with Gasteiger partial charge in [0.15, 0.2) is 5.78 Å². The Balaban J connectivity index is 2.45. The zero-order valence-corrected chi connectivity index (χ0v) is 8.43. The van der Waals surface area contributed by atoms with Crippen molar-refractivity contribution in [2.24, 2.45) is 0 Å². The van der Waals surface area contributed by atoms with Crippen molar-refractivity contribution in [3.63, 3.8) is 0 Å². The first-order valence-electron chi connectivity index (χ1n) is 4.57. The maximum atomic E-state index is 11.6. The lowest BCUT2D eigenvalue weighted by molar-refractivity contribution is -0.118. The molecule has 0 spiro atoms. The summed E-state index contributed by atoms with van der Waals surface area (Å²) in [4.78, 5) is 12.9. The predicted octanol–water partition coefficient (Wildman–Crippen LogP) is 2.86. The smallest absolute Gasteiger partial charge is 0.150 e. The quantitative estimate of drug-likeness (QED) is 0.680. The molecule has 0 amide bonds. The highest BCUT2D eigenvalue weighted by atomic mass is 32.2. The Morgan fingerprint density at radius 3 is 3.00 bits per heavy atom. The van der Waals surface area contributed by atoms with E-state index >= 15 is 0 Å². The van der Waals surface area contributed by atoms with Crippen molar-refractivity contribution in [2.45, 2.75) is 24.2 Å². The molecule has 1 atom stereocenters. The molecule has 13 heavy (non-hydrogen) atoms. The van der Waals surface area contributed by atoms with Crippen molar-refractivity contribution in [2.75, 3.05) is 5.75 Å². The second-order valence-corrected chi connectivity index (χ2v) is 4.27. The Hall–Kier alpha value is -0.760. The van der Waals surface area contributed by atoms with E-state index in [1.807, 2.05) is 12.1 Å². The van der Waals surface area contributed by atoms with Crippen LogP contribution in [0.2, 0.25) is 0 Å². The van der Waals surface area contributed by atoms with E-state index in [1.54, 1.807) is 11.8 Å². The number of carbonyl (C=O) groups is 1. The van der Waals surface area contributed by atoms with Gasteiger partial charge in [0.25, 0.3) is 0 Å². The zero-order valence-electron chi connectivity index (χ0n) is 7.62. The van der Waals surface area contributed by atoms with Gasteiger partial charge < -0.3 is 0 Å². The van der Waals surface area contributed by atoms with Gasteiger partial charge in [-0.15, -0.1) is 11.8 Å². The largest absolute Gasteiger partial charge is 0.298 e. The fraction of sp³-hybridized carbons (Fsp3) is 0.364. The minimum Gasteiger partial charge on any atom is -0.298 e. The monoisotopic (exact) mass is 192 g/mol. The molecule has 68 valence electrons. The van der Waals surface area contributed by atoms with Crippen LogP contribution >= 0.6 is 11.8 Å². The summed E-state index contributed by atoms with van der Waals surface area (Å²) in [6.07, 6.45) is 0.927. The Labute approximate surface area is 82.5 Å². The van der Waals surface area contributed by atoms with Crippen LogP contribution in [0.4, 0.5) is 0 Å². The molecule has 1 aromatic rings. The second kappa shape index (κ2) is 3.54. The maximum Gasteiger partial charge on any atom is 0.150 e. The molecule has 1 nitrogen and oxygen atoms in total. The molecule has 0 aliphatic carbocycles. The SMILES string of the molecule is CCC1C(=O)CSc2ccccc21. The Kier molecular flexibility index (Phi) is 2.40. The molecule has 1 aliphatic rings. The van der Waals surface area contributed by atoms with Gasteiger partial charge in [0.05, 0.1) is 5.75 Å². The van der Waals surface area contributed by atoms with Crippen LogP contribution in [0.1, 0.15) is 24.8 Å². The van der Waals surface area contributed by atoms with Crippen LogP contribution in [0.15, 0.2) is 29.2 Å². The standard InChI is InChI=1S/C11H12OS/c1-2-8-9-5-3-4-6-11(9)13-7-10(8)12/h3-6,8H,2,7H2,1H3. The van der Waals surface area contributed by atoms with Crippen LogP contribution in [-0.4, -0.2) is 11.5 Å². The molecule has 0 fully saturated rings. The number of rotatable bonds is 1. The Morgan fingerprint density at radius 2 is 2.23 bits per heavy atom. The van der Waals surface area contributed by atoms with Gasteiger partial charge in [0.1, 0.15) is 0 Å². The highest BCUT2D eigenvalue weighted by molar-refractivity contribution is 8.00. The van der Waals surface area contributed by atoms with Gasteiger partial charge in [0.2, 0.25) is 0 Å². The van der Waals surface area contributed by atoms with Gasteiger partial charge in [-0.2, -0.15) is 0 Å². The van der Waals surface area contributed by atoms with Crippen molar-refractivity contribution in [1.82, 2.24) is 0 Å². The van der Waals surface area contributed by atoms with Crippen LogP contribution < -0.4 is 0 Å². The molecule has 1 aromatic carbocycles. The van der Waals surface area contributed by atoms with Crippen molar-refractivity contribution in [1.29, 1.82) is 0 Å². The van der Waals surface area contributed by atoms with Gasteiger partial charge in [-0.3, -0.25) is 4.79 Å². The summed E-state index contributed by atoms with van der Waals surface area (Å²) in [7, 11) is 0. The summed E-state index contributed by atoms with van der Waals surface area (Å²) >= 11 is 1.67. The highest BCUT2D eigenvalue weighted by Gasteiger charge is 2.25. The van der Waals surface area contributed by atoms with E-state index in [0.29, 0.717) is 11.5 Å². The minimum absolute atomic E-state index is 0.150. The van der Waals surface area contributed by atoms with E-state index in [2.05, 4.69) is 19.1 Å². The van der Waals surface area contributed by atoms with E-state index in [0.717, 1.165) is 6.42 Å². The minimum atomic E-state index is 0.150. The molecule has 0 radical (unpaired) electrons. The average Bonchev–Trinajstić information content (AvgIpc) is 2.18. The summed E-state index contributed by atoms with van der Waals surface area (Å²) in [6.45, 7) is 2.08. The molecule has 1 heterocycles. The van der Waals surface area contributed by atoms with E-state index in [9.17, 15) is 4.79 Å². The fourth-order valence-electron chi connectivity index (χ4n) is 1.77. The third-order valence-electron chi connectivity index (χ3n) is 2.46. The van der Waals surface area contributed by atoms with E-state index in [-0.39, 0.29) is 5.92 Å². The summed E-state index contributed by atoms with van der Waals surface area (Å²) < 4.78 is 0. The molecule has 0 bridgehead atoms. The molecule has 1 unspecified atom stereocenters. The molecule has 2 heteroatoms. The van der Waals surface area contributed by atoms with E-state index in [4.69, 9.17) is 0 Å². The molecular formula is C11H12OS. The van der Waals surface area contributed by atoms with Crippen molar-refractivity contribution < 1.29 is 4.79 Å². The fourth-order valence-corrected chi connectivity index (χ4v) is 2.82. The molecule has 0 saturated heterocycles. The summed E-state index contributed by atoms with van der Waals surface area (Å²) in [5.74, 6) is 1.18. The molecular weight excluding hydrogens is 180 g/mol. The van der Waals surface area contributed by atoms with Crippen LogP contribution in [0.3, 0.4) is 0 Å². The first kappa shape index (κ1) is 8.82. The molecule has 0 saturated carbocycles. The van der Waals surface area contributed by atoms with Crippen molar-refractivity contribution in [3.05, 3.63) is 29.8 Å².